The first kappa shape index (κ1) is 12.3. The number of carbonyl (C=O) groups excluding carboxylic acids is 1. The van der Waals surface area contributed by atoms with E-state index in [0.717, 1.165) is 5.56 Å². The normalized spacial score (nSPS) is 12.4. The first-order valence-electron chi connectivity index (χ1n) is 5.95. The highest BCUT2D eigenvalue weighted by atomic mass is 16.7. The van der Waals surface area contributed by atoms with Crippen molar-refractivity contribution in [2.75, 3.05) is 19.6 Å². The van der Waals surface area contributed by atoms with Crippen LogP contribution in [0.4, 0.5) is 5.95 Å². The monoisotopic (exact) mass is 275 g/mol. The number of hydrogen-bond acceptors (Lipinski definition) is 6. The number of aromatic amines is 1. The number of ether oxygens (including phenoxy) is 2. The Morgan fingerprint density at radius 3 is 3.00 bits per heavy atom. The molecule has 0 fully saturated rings. The zero-order valence-electron chi connectivity index (χ0n) is 10.8. The van der Waals surface area contributed by atoms with E-state index in [-0.39, 0.29) is 24.5 Å². The van der Waals surface area contributed by atoms with E-state index in [2.05, 4.69) is 15.2 Å². The number of hydrogen-bond donors (Lipinski definition) is 2. The van der Waals surface area contributed by atoms with Crippen molar-refractivity contribution in [3.05, 3.63) is 29.6 Å². The Morgan fingerprint density at radius 1 is 1.45 bits per heavy atom. The number of nitrogens with two attached hydrogens (primary N) is 1. The van der Waals surface area contributed by atoms with E-state index in [0.29, 0.717) is 18.0 Å². The predicted octanol–water partition coefficient (Wildman–Crippen LogP) is 0.388. The van der Waals surface area contributed by atoms with Crippen LogP contribution in [0.2, 0.25) is 0 Å². The van der Waals surface area contributed by atoms with Crippen molar-refractivity contribution in [3.63, 3.8) is 0 Å². The van der Waals surface area contributed by atoms with E-state index < -0.39 is 0 Å². The summed E-state index contributed by atoms with van der Waals surface area (Å²) in [4.78, 5) is 17.4. The van der Waals surface area contributed by atoms with Gasteiger partial charge in [-0.3, -0.25) is 9.89 Å². The zero-order chi connectivity index (χ0) is 14.1. The number of fused-ring (bicyclic) bond motifs is 1. The van der Waals surface area contributed by atoms with Crippen molar-refractivity contribution in [1.82, 2.24) is 20.1 Å². The molecular formula is C12H13N5O3. The van der Waals surface area contributed by atoms with Crippen LogP contribution in [0.1, 0.15) is 16.2 Å². The van der Waals surface area contributed by atoms with Crippen LogP contribution < -0.4 is 15.2 Å². The molecule has 1 aromatic carbocycles. The number of amides is 1. The Labute approximate surface area is 114 Å². The summed E-state index contributed by atoms with van der Waals surface area (Å²) in [7, 11) is 1.67. The number of anilines is 1. The van der Waals surface area contributed by atoms with E-state index in [1.54, 1.807) is 7.05 Å². The van der Waals surface area contributed by atoms with Crippen LogP contribution in [-0.4, -0.2) is 39.8 Å². The number of benzene rings is 1. The number of carbonyl (C=O) groups is 1. The van der Waals surface area contributed by atoms with Gasteiger partial charge >= 0.3 is 0 Å². The second kappa shape index (κ2) is 4.72. The first-order valence-corrected chi connectivity index (χ1v) is 5.95. The van der Waals surface area contributed by atoms with Crippen LogP contribution in [0.25, 0.3) is 0 Å². The number of nitrogens with one attached hydrogen (secondary N) is 1. The molecule has 3 rings (SSSR count). The smallest absolute Gasteiger partial charge is 0.291 e. The predicted molar refractivity (Wildman–Crippen MR) is 69.2 cm³/mol. The lowest BCUT2D eigenvalue weighted by Crippen LogP contribution is -2.27. The minimum Gasteiger partial charge on any atom is -0.454 e. The van der Waals surface area contributed by atoms with Crippen molar-refractivity contribution in [2.45, 2.75) is 6.54 Å². The molecule has 3 N–H and O–H groups in total. The molecule has 20 heavy (non-hydrogen) atoms. The van der Waals surface area contributed by atoms with Crippen LogP contribution in [0, 0.1) is 0 Å². The summed E-state index contributed by atoms with van der Waals surface area (Å²) in [6.07, 6.45) is 0. The van der Waals surface area contributed by atoms with Gasteiger partial charge in [-0.1, -0.05) is 6.07 Å². The molecule has 0 atom stereocenters. The van der Waals surface area contributed by atoms with Crippen molar-refractivity contribution in [3.8, 4) is 11.5 Å². The fraction of sp³-hybridized carbons (Fsp3) is 0.250. The quantitative estimate of drug-likeness (QED) is 0.839. The second-order valence-electron chi connectivity index (χ2n) is 4.39. The van der Waals surface area contributed by atoms with Crippen LogP contribution >= 0.6 is 0 Å². The number of H-pyrrole nitrogens is 1. The maximum atomic E-state index is 12.1. The third-order valence-corrected chi connectivity index (χ3v) is 2.91. The molecule has 1 amide bonds. The molecule has 0 unspecified atom stereocenters. The number of rotatable bonds is 3. The summed E-state index contributed by atoms with van der Waals surface area (Å²) in [6.45, 7) is 0.640. The highest BCUT2D eigenvalue weighted by molar-refractivity contribution is 5.90. The molecule has 104 valence electrons. The highest BCUT2D eigenvalue weighted by Gasteiger charge is 2.18. The molecule has 8 heteroatoms. The molecule has 0 saturated carbocycles. The molecule has 8 nitrogen and oxygen atoms in total. The largest absolute Gasteiger partial charge is 0.454 e. The Hall–Kier alpha value is -2.77. The molecular weight excluding hydrogens is 262 g/mol. The van der Waals surface area contributed by atoms with Crippen molar-refractivity contribution in [2.24, 2.45) is 0 Å². The summed E-state index contributed by atoms with van der Waals surface area (Å²) >= 11 is 0. The van der Waals surface area contributed by atoms with Gasteiger partial charge in [0, 0.05) is 13.6 Å². The Morgan fingerprint density at radius 2 is 2.25 bits per heavy atom. The van der Waals surface area contributed by atoms with Gasteiger partial charge in [0.25, 0.3) is 5.91 Å². The van der Waals surface area contributed by atoms with E-state index in [1.807, 2.05) is 18.2 Å². The third kappa shape index (κ3) is 2.22. The van der Waals surface area contributed by atoms with E-state index in [9.17, 15) is 4.79 Å². The maximum Gasteiger partial charge on any atom is 0.291 e. The third-order valence-electron chi connectivity index (χ3n) is 2.91. The van der Waals surface area contributed by atoms with E-state index in [4.69, 9.17) is 15.2 Å². The highest BCUT2D eigenvalue weighted by Crippen LogP contribution is 2.32. The minimum absolute atomic E-state index is 0.0461. The van der Waals surface area contributed by atoms with Gasteiger partial charge in [-0.15, -0.1) is 5.10 Å². The van der Waals surface area contributed by atoms with Gasteiger partial charge in [0.1, 0.15) is 0 Å². The molecule has 2 aromatic rings. The molecule has 1 aliphatic heterocycles. The van der Waals surface area contributed by atoms with Crippen LogP contribution in [0.3, 0.4) is 0 Å². The molecule has 0 spiro atoms. The van der Waals surface area contributed by atoms with Crippen molar-refractivity contribution >= 4 is 11.9 Å². The molecule has 0 saturated heterocycles. The van der Waals surface area contributed by atoms with Crippen LogP contribution in [-0.2, 0) is 6.54 Å². The summed E-state index contributed by atoms with van der Waals surface area (Å²) in [5.74, 6) is 1.28. The fourth-order valence-corrected chi connectivity index (χ4v) is 1.94. The van der Waals surface area contributed by atoms with Gasteiger partial charge in [-0.25, -0.2) is 0 Å². The average molecular weight is 275 g/mol. The Bertz CT molecular complexity index is 654. The van der Waals surface area contributed by atoms with Gasteiger partial charge in [0.2, 0.25) is 18.6 Å². The molecule has 2 heterocycles. The fourth-order valence-electron chi connectivity index (χ4n) is 1.94. The number of nitrogens with zero attached hydrogens (tertiary/aromatic N) is 3. The van der Waals surface area contributed by atoms with Crippen LogP contribution in [0.5, 0.6) is 11.5 Å². The maximum absolute atomic E-state index is 12.1. The van der Waals surface area contributed by atoms with Gasteiger partial charge in [0.15, 0.2) is 11.5 Å². The summed E-state index contributed by atoms with van der Waals surface area (Å²) < 4.78 is 10.5. The van der Waals surface area contributed by atoms with Gasteiger partial charge in [0.05, 0.1) is 0 Å². The minimum atomic E-state index is -0.285. The molecule has 0 bridgehead atoms. The van der Waals surface area contributed by atoms with Crippen LogP contribution in [0.15, 0.2) is 18.2 Å². The summed E-state index contributed by atoms with van der Waals surface area (Å²) in [5.41, 5.74) is 6.30. The van der Waals surface area contributed by atoms with E-state index in [1.165, 1.54) is 4.90 Å². The van der Waals surface area contributed by atoms with Crippen molar-refractivity contribution < 1.29 is 14.3 Å². The molecule has 0 aliphatic carbocycles. The molecule has 1 aliphatic rings. The lowest BCUT2D eigenvalue weighted by Gasteiger charge is -2.15. The number of aromatic nitrogens is 3. The van der Waals surface area contributed by atoms with Gasteiger partial charge in [-0.2, -0.15) is 4.98 Å². The Kier molecular flexibility index (Phi) is 2.90. The number of nitrogen functional groups attached to an aromatic ring is 1. The topological polar surface area (TPSA) is 106 Å². The van der Waals surface area contributed by atoms with Crippen molar-refractivity contribution in [1.29, 1.82) is 0 Å². The van der Waals surface area contributed by atoms with Gasteiger partial charge < -0.3 is 20.1 Å². The lowest BCUT2D eigenvalue weighted by atomic mass is 10.2. The Balaban J connectivity index is 1.72. The zero-order valence-corrected chi connectivity index (χ0v) is 10.8. The summed E-state index contributed by atoms with van der Waals surface area (Å²) in [6, 6.07) is 5.55. The molecule has 0 radical (unpaired) electrons. The standard InChI is InChI=1S/C12H13N5O3/c1-17(11(18)10-14-12(13)16-15-10)5-7-2-3-8-9(4-7)20-6-19-8/h2-4H,5-6H2,1H3,(H3,13,14,15,16). The average Bonchev–Trinajstić information content (AvgIpc) is 3.05. The SMILES string of the molecule is CN(Cc1ccc2c(c1)OCO2)C(=O)c1nc(N)n[nH]1. The van der Waals surface area contributed by atoms with Gasteiger partial charge in [-0.05, 0) is 17.7 Å². The molecule has 1 aromatic heterocycles. The lowest BCUT2D eigenvalue weighted by molar-refractivity contribution is 0.0773. The first-order chi connectivity index (χ1) is 9.63. The second-order valence-corrected chi connectivity index (χ2v) is 4.39. The van der Waals surface area contributed by atoms with E-state index >= 15 is 0 Å². The summed E-state index contributed by atoms with van der Waals surface area (Å²) in [5, 5.41) is 6.12.